The molecule has 1 rings (SSSR count). The Balaban J connectivity index is 2.42. The molecule has 1 heterocycles. The number of rotatable bonds is 6. The van der Waals surface area contributed by atoms with E-state index < -0.39 is 17.8 Å². The highest BCUT2D eigenvalue weighted by atomic mass is 16.4. The van der Waals surface area contributed by atoms with Gasteiger partial charge in [-0.15, -0.1) is 0 Å². The molecule has 0 atom stereocenters. The number of carbonyl (C=O) groups is 3. The molecule has 0 aromatic heterocycles. The fraction of sp³-hybridized carbons (Fsp3) is 0.727. The molecule has 0 unspecified atom stereocenters. The van der Waals surface area contributed by atoms with E-state index in [9.17, 15) is 14.4 Å². The molecule has 0 saturated carbocycles. The second-order valence-electron chi connectivity index (χ2n) is 4.08. The van der Waals surface area contributed by atoms with Crippen LogP contribution in [0.25, 0.3) is 0 Å². The Morgan fingerprint density at radius 1 is 1.18 bits per heavy atom. The highest BCUT2D eigenvalue weighted by Gasteiger charge is 2.31. The summed E-state index contributed by atoms with van der Waals surface area (Å²) in [5, 5.41) is 8.49. The van der Waals surface area contributed by atoms with Crippen LogP contribution in [0.3, 0.4) is 0 Å². The molecule has 0 aliphatic carbocycles. The van der Waals surface area contributed by atoms with Crippen molar-refractivity contribution in [3.63, 3.8) is 0 Å². The molecule has 6 nitrogen and oxygen atoms in total. The first-order chi connectivity index (χ1) is 8.06. The van der Waals surface area contributed by atoms with E-state index in [0.29, 0.717) is 32.6 Å². The lowest BCUT2D eigenvalue weighted by Gasteiger charge is -2.33. The fourth-order valence-electron chi connectivity index (χ4n) is 1.83. The van der Waals surface area contributed by atoms with Crippen LogP contribution in [0, 0.1) is 0 Å². The Morgan fingerprint density at radius 2 is 1.71 bits per heavy atom. The molecule has 1 N–H and O–H groups in total. The standard InChI is InChI=1S/C11H18N2O4/c1-2-5-12-7-8-13(11(17)10(12)16)6-3-4-9(14)15/h2-8H2,1H3,(H,14,15). The van der Waals surface area contributed by atoms with Crippen LogP contribution >= 0.6 is 0 Å². The van der Waals surface area contributed by atoms with Gasteiger partial charge in [-0.2, -0.15) is 0 Å². The number of carboxylic acid groups (broad SMARTS) is 1. The SMILES string of the molecule is CCCN1CCN(CCCC(=O)O)C(=O)C1=O. The number of amides is 2. The average molecular weight is 242 g/mol. The van der Waals surface area contributed by atoms with E-state index in [1.165, 1.54) is 4.90 Å². The minimum Gasteiger partial charge on any atom is -0.481 e. The summed E-state index contributed by atoms with van der Waals surface area (Å²) in [6, 6.07) is 0. The highest BCUT2D eigenvalue weighted by Crippen LogP contribution is 2.07. The van der Waals surface area contributed by atoms with Crippen LogP contribution in [0.15, 0.2) is 0 Å². The van der Waals surface area contributed by atoms with E-state index in [1.807, 2.05) is 6.92 Å². The summed E-state index contributed by atoms with van der Waals surface area (Å²) < 4.78 is 0. The van der Waals surface area contributed by atoms with Gasteiger partial charge in [0.25, 0.3) is 0 Å². The molecular formula is C11H18N2O4. The molecule has 1 fully saturated rings. The molecule has 1 saturated heterocycles. The van der Waals surface area contributed by atoms with Crippen molar-refractivity contribution in [1.29, 1.82) is 0 Å². The summed E-state index contributed by atoms with van der Waals surface area (Å²) in [5.74, 6) is -1.85. The summed E-state index contributed by atoms with van der Waals surface area (Å²) in [6.07, 6.45) is 1.25. The van der Waals surface area contributed by atoms with E-state index in [0.717, 1.165) is 6.42 Å². The zero-order valence-electron chi connectivity index (χ0n) is 10.0. The van der Waals surface area contributed by atoms with Crippen LogP contribution in [0.1, 0.15) is 26.2 Å². The summed E-state index contributed by atoms with van der Waals surface area (Å²) >= 11 is 0. The Labute approximate surface area is 100 Å². The molecule has 1 aliphatic rings. The predicted octanol–water partition coefficient (Wildman–Crippen LogP) is -0.0680. The third kappa shape index (κ3) is 3.72. The number of hydrogen-bond acceptors (Lipinski definition) is 3. The van der Waals surface area contributed by atoms with Gasteiger partial charge >= 0.3 is 17.8 Å². The van der Waals surface area contributed by atoms with Gasteiger partial charge in [0.1, 0.15) is 0 Å². The third-order valence-corrected chi connectivity index (χ3v) is 2.71. The van der Waals surface area contributed by atoms with Crippen molar-refractivity contribution >= 4 is 17.8 Å². The fourth-order valence-corrected chi connectivity index (χ4v) is 1.83. The van der Waals surface area contributed by atoms with Crippen LogP contribution in [0.4, 0.5) is 0 Å². The number of aliphatic carboxylic acids is 1. The summed E-state index contributed by atoms with van der Waals surface area (Å²) in [5.41, 5.74) is 0. The van der Waals surface area contributed by atoms with Crippen LogP contribution in [-0.4, -0.2) is 58.9 Å². The lowest BCUT2D eigenvalue weighted by molar-refractivity contribution is -0.156. The normalized spacial score (nSPS) is 16.5. The van der Waals surface area contributed by atoms with E-state index in [4.69, 9.17) is 5.11 Å². The summed E-state index contributed by atoms with van der Waals surface area (Å²) in [7, 11) is 0. The zero-order chi connectivity index (χ0) is 12.8. The van der Waals surface area contributed by atoms with Crippen molar-refractivity contribution in [2.75, 3.05) is 26.2 Å². The highest BCUT2D eigenvalue weighted by molar-refractivity contribution is 6.35. The van der Waals surface area contributed by atoms with E-state index >= 15 is 0 Å². The molecule has 0 spiro atoms. The number of hydrogen-bond donors (Lipinski definition) is 1. The van der Waals surface area contributed by atoms with Crippen LogP contribution in [-0.2, 0) is 14.4 Å². The van der Waals surface area contributed by atoms with Crippen molar-refractivity contribution in [3.05, 3.63) is 0 Å². The topological polar surface area (TPSA) is 77.9 Å². The van der Waals surface area contributed by atoms with Crippen molar-refractivity contribution in [2.24, 2.45) is 0 Å². The Bertz CT molecular complexity index is 317. The van der Waals surface area contributed by atoms with Crippen molar-refractivity contribution < 1.29 is 19.5 Å². The van der Waals surface area contributed by atoms with Gasteiger partial charge < -0.3 is 14.9 Å². The minimum atomic E-state index is -0.881. The zero-order valence-corrected chi connectivity index (χ0v) is 10.0. The smallest absolute Gasteiger partial charge is 0.312 e. The first-order valence-corrected chi connectivity index (χ1v) is 5.86. The average Bonchev–Trinajstić information content (AvgIpc) is 2.28. The van der Waals surface area contributed by atoms with Gasteiger partial charge in [-0.3, -0.25) is 14.4 Å². The Kier molecular flexibility index (Phi) is 4.93. The minimum absolute atomic E-state index is 0.0244. The molecule has 0 radical (unpaired) electrons. The van der Waals surface area contributed by atoms with Gasteiger partial charge in [0.2, 0.25) is 0 Å². The van der Waals surface area contributed by atoms with E-state index in [1.54, 1.807) is 4.90 Å². The Morgan fingerprint density at radius 3 is 2.18 bits per heavy atom. The Hall–Kier alpha value is -1.59. The lowest BCUT2D eigenvalue weighted by Crippen LogP contribution is -2.54. The molecule has 0 bridgehead atoms. The van der Waals surface area contributed by atoms with Gasteiger partial charge in [-0.25, -0.2) is 0 Å². The predicted molar refractivity (Wildman–Crippen MR) is 60.3 cm³/mol. The molecule has 17 heavy (non-hydrogen) atoms. The quantitative estimate of drug-likeness (QED) is 0.661. The number of nitrogens with zero attached hydrogens (tertiary/aromatic N) is 2. The van der Waals surface area contributed by atoms with Gasteiger partial charge in [0.05, 0.1) is 0 Å². The largest absolute Gasteiger partial charge is 0.481 e. The maximum absolute atomic E-state index is 11.7. The second kappa shape index (κ2) is 6.22. The van der Waals surface area contributed by atoms with Gasteiger partial charge in [0, 0.05) is 32.6 Å². The second-order valence-corrected chi connectivity index (χ2v) is 4.08. The summed E-state index contributed by atoms with van der Waals surface area (Å²) in [4.78, 5) is 36.7. The first kappa shape index (κ1) is 13.5. The van der Waals surface area contributed by atoms with Crippen molar-refractivity contribution in [2.45, 2.75) is 26.2 Å². The lowest BCUT2D eigenvalue weighted by atomic mass is 10.2. The summed E-state index contributed by atoms with van der Waals surface area (Å²) in [6.45, 7) is 3.96. The number of carbonyl (C=O) groups excluding carboxylic acids is 2. The number of carboxylic acids is 1. The molecule has 6 heteroatoms. The van der Waals surface area contributed by atoms with Gasteiger partial charge in [-0.1, -0.05) is 6.92 Å². The van der Waals surface area contributed by atoms with Gasteiger partial charge in [-0.05, 0) is 12.8 Å². The van der Waals surface area contributed by atoms with Crippen molar-refractivity contribution in [3.8, 4) is 0 Å². The van der Waals surface area contributed by atoms with E-state index in [2.05, 4.69) is 0 Å². The molecule has 1 aliphatic heterocycles. The molecule has 0 aromatic rings. The van der Waals surface area contributed by atoms with E-state index in [-0.39, 0.29) is 6.42 Å². The monoisotopic (exact) mass is 242 g/mol. The van der Waals surface area contributed by atoms with Crippen LogP contribution in [0.5, 0.6) is 0 Å². The van der Waals surface area contributed by atoms with Crippen LogP contribution in [0.2, 0.25) is 0 Å². The first-order valence-electron chi connectivity index (χ1n) is 5.86. The molecule has 96 valence electrons. The van der Waals surface area contributed by atoms with Crippen LogP contribution < -0.4 is 0 Å². The maximum atomic E-state index is 11.7. The molecule has 0 aromatic carbocycles. The third-order valence-electron chi connectivity index (χ3n) is 2.71. The maximum Gasteiger partial charge on any atom is 0.312 e. The van der Waals surface area contributed by atoms with Crippen molar-refractivity contribution in [1.82, 2.24) is 9.80 Å². The van der Waals surface area contributed by atoms with Gasteiger partial charge in [0.15, 0.2) is 0 Å². The number of piperazine rings is 1. The molecular weight excluding hydrogens is 224 g/mol. The molecule has 2 amide bonds.